The summed E-state index contributed by atoms with van der Waals surface area (Å²) in [6.45, 7) is 2.10. The van der Waals surface area contributed by atoms with Crippen LogP contribution in [-0.4, -0.2) is 43.2 Å². The summed E-state index contributed by atoms with van der Waals surface area (Å²) < 4.78 is 10.5. The standard InChI is InChI=1S/C14H19NO5/c1-10(16)13(9-14(17)18)15-7-8-20-12-5-3-11(19-2)4-6-12/h3-6,13,15H,7-9H2,1-2H3,(H,17,18). The molecule has 6 nitrogen and oxygen atoms in total. The van der Waals surface area contributed by atoms with Crippen molar-refractivity contribution in [3.8, 4) is 11.5 Å². The average molecular weight is 281 g/mol. The predicted molar refractivity (Wildman–Crippen MR) is 73.2 cm³/mol. The third-order valence-electron chi connectivity index (χ3n) is 2.69. The van der Waals surface area contributed by atoms with E-state index in [0.29, 0.717) is 18.9 Å². The lowest BCUT2D eigenvalue weighted by Crippen LogP contribution is -2.39. The van der Waals surface area contributed by atoms with Crippen molar-refractivity contribution in [2.45, 2.75) is 19.4 Å². The van der Waals surface area contributed by atoms with Crippen LogP contribution in [0.15, 0.2) is 24.3 Å². The zero-order chi connectivity index (χ0) is 15.0. The minimum absolute atomic E-state index is 0.197. The van der Waals surface area contributed by atoms with Crippen molar-refractivity contribution in [3.05, 3.63) is 24.3 Å². The quantitative estimate of drug-likeness (QED) is 0.659. The molecule has 1 aromatic rings. The van der Waals surface area contributed by atoms with Crippen molar-refractivity contribution >= 4 is 11.8 Å². The average Bonchev–Trinajstić information content (AvgIpc) is 2.42. The number of benzene rings is 1. The van der Waals surface area contributed by atoms with E-state index in [9.17, 15) is 9.59 Å². The van der Waals surface area contributed by atoms with Gasteiger partial charge in [-0.15, -0.1) is 0 Å². The van der Waals surface area contributed by atoms with Crippen LogP contribution in [0.5, 0.6) is 11.5 Å². The number of methoxy groups -OCH3 is 1. The van der Waals surface area contributed by atoms with Crippen molar-refractivity contribution < 1.29 is 24.2 Å². The number of aliphatic carboxylic acids is 1. The molecule has 1 aromatic carbocycles. The summed E-state index contributed by atoms with van der Waals surface area (Å²) in [5, 5.41) is 11.5. The zero-order valence-electron chi connectivity index (χ0n) is 11.6. The number of hydrogen-bond acceptors (Lipinski definition) is 5. The number of carboxylic acid groups (broad SMARTS) is 1. The molecule has 1 unspecified atom stereocenters. The molecule has 20 heavy (non-hydrogen) atoms. The molecule has 0 bridgehead atoms. The van der Waals surface area contributed by atoms with E-state index in [1.807, 2.05) is 0 Å². The first-order chi connectivity index (χ1) is 9.52. The Morgan fingerprint density at radius 3 is 2.35 bits per heavy atom. The van der Waals surface area contributed by atoms with Crippen molar-refractivity contribution in [2.75, 3.05) is 20.3 Å². The van der Waals surface area contributed by atoms with E-state index in [4.69, 9.17) is 14.6 Å². The number of Topliss-reactive ketones (excluding diaryl/α,β-unsaturated/α-hetero) is 1. The number of rotatable bonds is 9. The molecular formula is C14H19NO5. The maximum atomic E-state index is 11.2. The van der Waals surface area contributed by atoms with Crippen molar-refractivity contribution in [1.82, 2.24) is 5.32 Å². The van der Waals surface area contributed by atoms with E-state index in [1.165, 1.54) is 6.92 Å². The SMILES string of the molecule is COc1ccc(OCCNC(CC(=O)O)C(C)=O)cc1. The molecule has 0 aliphatic rings. The molecule has 2 N–H and O–H groups in total. The normalized spacial score (nSPS) is 11.7. The molecular weight excluding hydrogens is 262 g/mol. The summed E-state index contributed by atoms with van der Waals surface area (Å²) in [7, 11) is 1.59. The number of carbonyl (C=O) groups is 2. The second kappa shape index (κ2) is 8.16. The van der Waals surface area contributed by atoms with Crippen LogP contribution in [0.4, 0.5) is 0 Å². The van der Waals surface area contributed by atoms with Gasteiger partial charge in [0.15, 0.2) is 0 Å². The van der Waals surface area contributed by atoms with Crippen LogP contribution in [0.3, 0.4) is 0 Å². The first-order valence-electron chi connectivity index (χ1n) is 6.25. The molecule has 0 aromatic heterocycles. The van der Waals surface area contributed by atoms with E-state index in [-0.39, 0.29) is 12.2 Å². The summed E-state index contributed by atoms with van der Waals surface area (Å²) in [5.74, 6) is 0.226. The van der Waals surface area contributed by atoms with Gasteiger partial charge in [-0.2, -0.15) is 0 Å². The molecule has 0 aliphatic carbocycles. The van der Waals surface area contributed by atoms with Gasteiger partial charge in [-0.25, -0.2) is 0 Å². The molecule has 0 saturated heterocycles. The lowest BCUT2D eigenvalue weighted by Gasteiger charge is -2.14. The first-order valence-corrected chi connectivity index (χ1v) is 6.25. The fraction of sp³-hybridized carbons (Fsp3) is 0.429. The molecule has 1 atom stereocenters. The maximum Gasteiger partial charge on any atom is 0.305 e. The summed E-state index contributed by atoms with van der Waals surface area (Å²) in [4.78, 5) is 21.8. The van der Waals surface area contributed by atoms with Crippen LogP contribution in [-0.2, 0) is 9.59 Å². The lowest BCUT2D eigenvalue weighted by atomic mass is 10.1. The van der Waals surface area contributed by atoms with E-state index < -0.39 is 12.0 Å². The Bertz CT molecular complexity index is 443. The summed E-state index contributed by atoms with van der Waals surface area (Å²) in [5.41, 5.74) is 0. The first kappa shape index (κ1) is 16.0. The highest BCUT2D eigenvalue weighted by atomic mass is 16.5. The highest BCUT2D eigenvalue weighted by molar-refractivity contribution is 5.85. The van der Waals surface area contributed by atoms with Gasteiger partial charge < -0.3 is 19.9 Å². The highest BCUT2D eigenvalue weighted by Crippen LogP contribution is 2.16. The van der Waals surface area contributed by atoms with Crippen LogP contribution in [0.1, 0.15) is 13.3 Å². The van der Waals surface area contributed by atoms with Crippen LogP contribution in [0, 0.1) is 0 Å². The van der Waals surface area contributed by atoms with Gasteiger partial charge in [0.1, 0.15) is 23.9 Å². The summed E-state index contributed by atoms with van der Waals surface area (Å²) in [6, 6.07) is 6.45. The number of ketones is 1. The van der Waals surface area contributed by atoms with Gasteiger partial charge in [0.05, 0.1) is 19.6 Å². The van der Waals surface area contributed by atoms with E-state index >= 15 is 0 Å². The third kappa shape index (κ3) is 5.71. The Morgan fingerprint density at radius 1 is 1.25 bits per heavy atom. The highest BCUT2D eigenvalue weighted by Gasteiger charge is 2.16. The van der Waals surface area contributed by atoms with Crippen LogP contribution in [0.2, 0.25) is 0 Å². The summed E-state index contributed by atoms with van der Waals surface area (Å²) >= 11 is 0. The topological polar surface area (TPSA) is 84.9 Å². The minimum Gasteiger partial charge on any atom is -0.497 e. The van der Waals surface area contributed by atoms with Gasteiger partial charge in [0, 0.05) is 6.54 Å². The number of nitrogens with one attached hydrogen (secondary N) is 1. The molecule has 6 heteroatoms. The fourth-order valence-corrected chi connectivity index (χ4v) is 1.61. The number of carbonyl (C=O) groups excluding carboxylic acids is 1. The van der Waals surface area contributed by atoms with Gasteiger partial charge in [-0.1, -0.05) is 0 Å². The van der Waals surface area contributed by atoms with E-state index in [0.717, 1.165) is 5.75 Å². The monoisotopic (exact) mass is 281 g/mol. The zero-order valence-corrected chi connectivity index (χ0v) is 11.6. The molecule has 0 spiro atoms. The molecule has 110 valence electrons. The largest absolute Gasteiger partial charge is 0.497 e. The van der Waals surface area contributed by atoms with Crippen LogP contribution < -0.4 is 14.8 Å². The van der Waals surface area contributed by atoms with Gasteiger partial charge in [0.2, 0.25) is 0 Å². The van der Waals surface area contributed by atoms with Crippen LogP contribution in [0.25, 0.3) is 0 Å². The second-order valence-corrected chi connectivity index (χ2v) is 4.24. The Morgan fingerprint density at radius 2 is 1.85 bits per heavy atom. The Kier molecular flexibility index (Phi) is 6.52. The molecule has 0 heterocycles. The van der Waals surface area contributed by atoms with Gasteiger partial charge in [-0.3, -0.25) is 9.59 Å². The molecule has 0 aliphatic heterocycles. The van der Waals surface area contributed by atoms with Gasteiger partial charge >= 0.3 is 5.97 Å². The molecule has 0 amide bonds. The maximum absolute atomic E-state index is 11.2. The van der Waals surface area contributed by atoms with E-state index in [2.05, 4.69) is 5.32 Å². The van der Waals surface area contributed by atoms with E-state index in [1.54, 1.807) is 31.4 Å². The van der Waals surface area contributed by atoms with Gasteiger partial charge in [0.25, 0.3) is 0 Å². The Labute approximate surface area is 117 Å². The molecule has 1 rings (SSSR count). The van der Waals surface area contributed by atoms with Crippen molar-refractivity contribution in [2.24, 2.45) is 0 Å². The number of ether oxygens (including phenoxy) is 2. The second-order valence-electron chi connectivity index (χ2n) is 4.24. The number of hydrogen-bond donors (Lipinski definition) is 2. The fourth-order valence-electron chi connectivity index (χ4n) is 1.61. The smallest absolute Gasteiger partial charge is 0.305 e. The Balaban J connectivity index is 2.32. The molecule has 0 saturated carbocycles. The van der Waals surface area contributed by atoms with Crippen molar-refractivity contribution in [1.29, 1.82) is 0 Å². The Hall–Kier alpha value is -2.08. The summed E-state index contributed by atoms with van der Waals surface area (Å²) in [6.07, 6.45) is -0.224. The lowest BCUT2D eigenvalue weighted by molar-refractivity contribution is -0.139. The molecule has 0 radical (unpaired) electrons. The van der Waals surface area contributed by atoms with Crippen molar-refractivity contribution in [3.63, 3.8) is 0 Å². The number of carboxylic acids is 1. The molecule has 0 fully saturated rings. The van der Waals surface area contributed by atoms with Crippen LogP contribution >= 0.6 is 0 Å². The minimum atomic E-state index is -1.01. The predicted octanol–water partition coefficient (Wildman–Crippen LogP) is 1.10. The van der Waals surface area contributed by atoms with Gasteiger partial charge in [-0.05, 0) is 31.2 Å². The third-order valence-corrected chi connectivity index (χ3v) is 2.69.